The molecule has 2 aromatic heterocycles. The second kappa shape index (κ2) is 8.68. The van der Waals surface area contributed by atoms with Crippen molar-refractivity contribution in [2.45, 2.75) is 58.3 Å². The van der Waals surface area contributed by atoms with Gasteiger partial charge < -0.3 is 5.32 Å². The Labute approximate surface area is 198 Å². The van der Waals surface area contributed by atoms with E-state index in [0.29, 0.717) is 35.8 Å². The molecule has 0 saturated heterocycles. The molecule has 2 heterocycles. The number of hydrogen-bond donors (Lipinski definition) is 1. The first-order chi connectivity index (χ1) is 15.5. The number of carbonyl (C=O) groups is 1. The molecule has 1 saturated carbocycles. The minimum absolute atomic E-state index is 0.123. The molecule has 176 valence electrons. The molecule has 1 amide bonds. The predicted octanol–water partition coefficient (Wildman–Crippen LogP) is 6.15. The molecule has 1 aliphatic rings. The highest BCUT2D eigenvalue weighted by Crippen LogP contribution is 2.47. The number of anilines is 1. The standard InChI is InChI=1S/C22H22Cl2F3N5O/c1-11-18(12(2)31(29-11)10-14-4-8-16(23)9-5-14)28-21(33)13(3)32-19(15-6-7-15)17(24)20(30-32)22(25,26)27/h4-5,8-9,13,15H,6-7,10H2,1-3H3,(H,28,33). The molecule has 33 heavy (non-hydrogen) atoms. The van der Waals surface area contributed by atoms with Crippen molar-refractivity contribution in [1.29, 1.82) is 0 Å². The number of benzene rings is 1. The quantitative estimate of drug-likeness (QED) is 0.442. The molecule has 1 fully saturated rings. The normalized spacial score (nSPS) is 15.0. The Hall–Kier alpha value is -2.52. The summed E-state index contributed by atoms with van der Waals surface area (Å²) in [6.07, 6.45) is -3.27. The van der Waals surface area contributed by atoms with Gasteiger partial charge in [-0.15, -0.1) is 0 Å². The summed E-state index contributed by atoms with van der Waals surface area (Å²) in [6, 6.07) is 6.35. The van der Waals surface area contributed by atoms with E-state index in [9.17, 15) is 18.0 Å². The summed E-state index contributed by atoms with van der Waals surface area (Å²) in [7, 11) is 0. The third kappa shape index (κ3) is 4.75. The van der Waals surface area contributed by atoms with Gasteiger partial charge in [0.1, 0.15) is 6.04 Å². The Kier molecular flexibility index (Phi) is 6.22. The molecular weight excluding hydrogens is 478 g/mol. The smallest absolute Gasteiger partial charge is 0.321 e. The third-order valence-electron chi connectivity index (χ3n) is 5.74. The van der Waals surface area contributed by atoms with Gasteiger partial charge in [0.15, 0.2) is 5.69 Å². The molecular formula is C22H22Cl2F3N5O. The average molecular weight is 500 g/mol. The predicted molar refractivity (Wildman–Crippen MR) is 120 cm³/mol. The molecule has 11 heteroatoms. The van der Waals surface area contributed by atoms with Crippen LogP contribution in [0.2, 0.25) is 10.0 Å². The summed E-state index contributed by atoms with van der Waals surface area (Å²) in [5.41, 5.74) is 1.92. The van der Waals surface area contributed by atoms with Gasteiger partial charge in [0, 0.05) is 10.9 Å². The maximum absolute atomic E-state index is 13.4. The summed E-state index contributed by atoms with van der Waals surface area (Å²) >= 11 is 12.0. The van der Waals surface area contributed by atoms with Crippen LogP contribution in [0.3, 0.4) is 0 Å². The van der Waals surface area contributed by atoms with Gasteiger partial charge in [-0.1, -0.05) is 35.3 Å². The lowest BCUT2D eigenvalue weighted by Gasteiger charge is -2.16. The SMILES string of the molecule is Cc1nn(Cc2ccc(Cl)cc2)c(C)c1NC(=O)C(C)n1nc(C(F)(F)F)c(Cl)c1C1CC1. The number of rotatable bonds is 6. The zero-order valence-corrected chi connectivity index (χ0v) is 19.7. The van der Waals surface area contributed by atoms with Crippen LogP contribution in [-0.2, 0) is 17.5 Å². The van der Waals surface area contributed by atoms with Crippen LogP contribution >= 0.6 is 23.2 Å². The highest BCUT2D eigenvalue weighted by atomic mass is 35.5. The van der Waals surface area contributed by atoms with Gasteiger partial charge in [-0.05, 0) is 51.3 Å². The highest BCUT2D eigenvalue weighted by molar-refractivity contribution is 6.32. The van der Waals surface area contributed by atoms with Crippen LogP contribution < -0.4 is 5.32 Å². The van der Waals surface area contributed by atoms with Gasteiger partial charge in [-0.2, -0.15) is 23.4 Å². The second-order valence-corrected chi connectivity index (χ2v) is 9.07. The lowest BCUT2D eigenvalue weighted by molar-refractivity contribution is -0.141. The monoisotopic (exact) mass is 499 g/mol. The molecule has 4 rings (SSSR count). The fraction of sp³-hybridized carbons (Fsp3) is 0.409. The molecule has 0 bridgehead atoms. The number of hydrogen-bond acceptors (Lipinski definition) is 3. The Balaban J connectivity index is 1.58. The second-order valence-electron chi connectivity index (χ2n) is 8.26. The molecule has 0 aliphatic heterocycles. The minimum atomic E-state index is -4.70. The number of carbonyl (C=O) groups excluding carboxylic acids is 1. The van der Waals surface area contributed by atoms with Crippen LogP contribution in [0.15, 0.2) is 24.3 Å². The van der Waals surface area contributed by atoms with Crippen molar-refractivity contribution >= 4 is 34.8 Å². The molecule has 6 nitrogen and oxygen atoms in total. The summed E-state index contributed by atoms with van der Waals surface area (Å²) < 4.78 is 43.0. The van der Waals surface area contributed by atoms with E-state index in [-0.39, 0.29) is 11.6 Å². The molecule has 1 unspecified atom stereocenters. The van der Waals surface area contributed by atoms with Crippen molar-refractivity contribution in [2.24, 2.45) is 0 Å². The van der Waals surface area contributed by atoms with Gasteiger partial charge in [0.05, 0.1) is 34.3 Å². The van der Waals surface area contributed by atoms with Crippen molar-refractivity contribution < 1.29 is 18.0 Å². The van der Waals surface area contributed by atoms with Crippen LogP contribution in [0.4, 0.5) is 18.9 Å². The molecule has 1 aliphatic carbocycles. The number of aryl methyl sites for hydroxylation is 1. The Morgan fingerprint density at radius 3 is 2.39 bits per heavy atom. The first kappa shape index (κ1) is 23.6. The van der Waals surface area contributed by atoms with Crippen molar-refractivity contribution in [3.63, 3.8) is 0 Å². The van der Waals surface area contributed by atoms with E-state index in [4.69, 9.17) is 23.2 Å². The molecule has 0 spiro atoms. The van der Waals surface area contributed by atoms with E-state index >= 15 is 0 Å². The van der Waals surface area contributed by atoms with E-state index < -0.39 is 28.8 Å². The Morgan fingerprint density at radius 2 is 1.82 bits per heavy atom. The van der Waals surface area contributed by atoms with Gasteiger partial charge in [-0.3, -0.25) is 14.2 Å². The molecule has 1 N–H and O–H groups in total. The van der Waals surface area contributed by atoms with Crippen molar-refractivity contribution in [2.75, 3.05) is 5.32 Å². The lowest BCUT2D eigenvalue weighted by Crippen LogP contribution is -2.26. The first-order valence-corrected chi connectivity index (χ1v) is 11.2. The number of halogens is 5. The number of amides is 1. The van der Waals surface area contributed by atoms with E-state index in [1.54, 1.807) is 23.7 Å². The number of nitrogens with one attached hydrogen (secondary N) is 1. The number of aromatic nitrogens is 4. The zero-order chi connectivity index (χ0) is 24.1. The largest absolute Gasteiger partial charge is 0.436 e. The van der Waals surface area contributed by atoms with Crippen molar-refractivity contribution in [3.05, 3.63) is 62.6 Å². The van der Waals surface area contributed by atoms with E-state index in [1.165, 1.54) is 6.92 Å². The topological polar surface area (TPSA) is 64.7 Å². The fourth-order valence-corrected chi connectivity index (χ4v) is 4.27. The van der Waals surface area contributed by atoms with E-state index in [1.807, 2.05) is 19.1 Å². The zero-order valence-electron chi connectivity index (χ0n) is 18.2. The molecule has 1 aromatic carbocycles. The summed E-state index contributed by atoms with van der Waals surface area (Å²) in [5, 5.41) is 11.2. The number of alkyl halides is 3. The Bertz CT molecular complexity index is 1200. The van der Waals surface area contributed by atoms with Crippen molar-refractivity contribution in [1.82, 2.24) is 19.6 Å². The minimum Gasteiger partial charge on any atom is -0.321 e. The van der Waals surface area contributed by atoms with Crippen LogP contribution in [0.5, 0.6) is 0 Å². The summed E-state index contributed by atoms with van der Waals surface area (Å²) in [4.78, 5) is 13.0. The van der Waals surface area contributed by atoms with Gasteiger partial charge in [-0.25, -0.2) is 0 Å². The van der Waals surface area contributed by atoms with Gasteiger partial charge in [0.25, 0.3) is 0 Å². The van der Waals surface area contributed by atoms with Gasteiger partial charge in [0.2, 0.25) is 5.91 Å². The van der Waals surface area contributed by atoms with Crippen LogP contribution in [-0.4, -0.2) is 25.5 Å². The number of nitrogens with zero attached hydrogens (tertiary/aromatic N) is 4. The van der Waals surface area contributed by atoms with E-state index in [2.05, 4.69) is 15.5 Å². The molecule has 3 aromatic rings. The van der Waals surface area contributed by atoms with E-state index in [0.717, 1.165) is 15.9 Å². The maximum atomic E-state index is 13.4. The highest BCUT2D eigenvalue weighted by Gasteiger charge is 2.43. The van der Waals surface area contributed by atoms with Crippen LogP contribution in [0.1, 0.15) is 60.1 Å². The summed E-state index contributed by atoms with van der Waals surface area (Å²) in [5.74, 6) is -0.621. The Morgan fingerprint density at radius 1 is 1.18 bits per heavy atom. The first-order valence-electron chi connectivity index (χ1n) is 10.4. The van der Waals surface area contributed by atoms with Crippen LogP contribution in [0.25, 0.3) is 0 Å². The maximum Gasteiger partial charge on any atom is 0.436 e. The van der Waals surface area contributed by atoms with Gasteiger partial charge >= 0.3 is 6.18 Å². The van der Waals surface area contributed by atoms with Crippen LogP contribution in [0, 0.1) is 13.8 Å². The van der Waals surface area contributed by atoms with Crippen molar-refractivity contribution in [3.8, 4) is 0 Å². The molecule has 1 atom stereocenters. The average Bonchev–Trinajstić information content (AvgIpc) is 3.47. The molecule has 0 radical (unpaired) electrons. The third-order valence-corrected chi connectivity index (χ3v) is 6.37. The fourth-order valence-electron chi connectivity index (χ4n) is 3.76. The summed E-state index contributed by atoms with van der Waals surface area (Å²) in [6.45, 7) is 5.56. The lowest BCUT2D eigenvalue weighted by atomic mass is 10.2.